The molecular weight excluding hydrogens is 358 g/mol. The lowest BCUT2D eigenvalue weighted by molar-refractivity contribution is -0.129. The van der Waals surface area contributed by atoms with E-state index >= 15 is 0 Å². The second-order valence-corrected chi connectivity index (χ2v) is 8.51. The van der Waals surface area contributed by atoms with Gasteiger partial charge in [-0.2, -0.15) is 0 Å². The van der Waals surface area contributed by atoms with Crippen molar-refractivity contribution in [3.8, 4) is 0 Å². The molecule has 1 unspecified atom stereocenters. The van der Waals surface area contributed by atoms with Gasteiger partial charge in [0.2, 0.25) is 11.8 Å². The van der Waals surface area contributed by atoms with Crippen LogP contribution in [0, 0.1) is 6.92 Å². The zero-order valence-electron chi connectivity index (χ0n) is 16.2. The number of aliphatic imine (C=N–C) groups is 1. The fourth-order valence-electron chi connectivity index (χ4n) is 3.82. The SMILES string of the molecule is CCN=C1SC(CC(=O)Nc2cccc(C)c2)C(=O)N1C1CCCCCC1. The lowest BCUT2D eigenvalue weighted by atomic mass is 10.1. The highest BCUT2D eigenvalue weighted by atomic mass is 32.2. The number of anilines is 1. The smallest absolute Gasteiger partial charge is 0.242 e. The van der Waals surface area contributed by atoms with Crippen LogP contribution in [0.15, 0.2) is 29.3 Å². The molecule has 2 amide bonds. The van der Waals surface area contributed by atoms with Gasteiger partial charge in [0.05, 0.1) is 0 Å². The third-order valence-electron chi connectivity index (χ3n) is 5.12. The van der Waals surface area contributed by atoms with Gasteiger partial charge in [0.15, 0.2) is 5.17 Å². The highest BCUT2D eigenvalue weighted by Crippen LogP contribution is 2.35. The molecule has 2 aliphatic rings. The maximum Gasteiger partial charge on any atom is 0.242 e. The fourth-order valence-corrected chi connectivity index (χ4v) is 5.08. The van der Waals surface area contributed by atoms with Crippen LogP contribution in [0.4, 0.5) is 5.69 Å². The summed E-state index contributed by atoms with van der Waals surface area (Å²) in [6, 6.07) is 7.95. The number of nitrogens with one attached hydrogen (secondary N) is 1. The van der Waals surface area contributed by atoms with Crippen LogP contribution in [0.2, 0.25) is 0 Å². The van der Waals surface area contributed by atoms with Crippen molar-refractivity contribution in [1.29, 1.82) is 0 Å². The normalized spacial score (nSPS) is 22.9. The predicted octanol–water partition coefficient (Wildman–Crippen LogP) is 4.37. The molecule has 146 valence electrons. The second-order valence-electron chi connectivity index (χ2n) is 7.34. The summed E-state index contributed by atoms with van der Waals surface area (Å²) in [5, 5.41) is 3.35. The fraction of sp³-hybridized carbons (Fsp3) is 0.571. The van der Waals surface area contributed by atoms with Gasteiger partial charge in [-0.25, -0.2) is 0 Å². The van der Waals surface area contributed by atoms with Gasteiger partial charge in [-0.05, 0) is 44.4 Å². The summed E-state index contributed by atoms with van der Waals surface area (Å²) in [6.07, 6.45) is 7.08. The van der Waals surface area contributed by atoms with Crippen LogP contribution < -0.4 is 5.32 Å². The van der Waals surface area contributed by atoms with Gasteiger partial charge in [0, 0.05) is 24.7 Å². The van der Waals surface area contributed by atoms with Crippen molar-refractivity contribution in [2.24, 2.45) is 4.99 Å². The van der Waals surface area contributed by atoms with Crippen molar-refractivity contribution < 1.29 is 9.59 Å². The van der Waals surface area contributed by atoms with E-state index in [9.17, 15) is 9.59 Å². The van der Waals surface area contributed by atoms with Gasteiger partial charge in [0.25, 0.3) is 0 Å². The van der Waals surface area contributed by atoms with E-state index in [1.165, 1.54) is 24.6 Å². The number of carbonyl (C=O) groups is 2. The number of carbonyl (C=O) groups excluding carboxylic acids is 2. The monoisotopic (exact) mass is 387 g/mol. The first kappa shape index (κ1) is 19.9. The number of benzene rings is 1. The number of rotatable bonds is 5. The summed E-state index contributed by atoms with van der Waals surface area (Å²) in [4.78, 5) is 32.1. The first-order valence-corrected chi connectivity index (χ1v) is 10.9. The Morgan fingerprint density at radius 1 is 1.26 bits per heavy atom. The van der Waals surface area contributed by atoms with Crippen LogP contribution >= 0.6 is 11.8 Å². The Morgan fingerprint density at radius 2 is 2.00 bits per heavy atom. The number of hydrogen-bond acceptors (Lipinski definition) is 4. The molecule has 1 aromatic carbocycles. The first-order valence-electron chi connectivity index (χ1n) is 9.99. The third kappa shape index (κ3) is 5.12. The van der Waals surface area contributed by atoms with E-state index in [0.29, 0.717) is 6.54 Å². The molecule has 1 atom stereocenters. The highest BCUT2D eigenvalue weighted by Gasteiger charge is 2.42. The summed E-state index contributed by atoms with van der Waals surface area (Å²) in [5.41, 5.74) is 1.87. The van der Waals surface area contributed by atoms with E-state index in [4.69, 9.17) is 0 Å². The highest BCUT2D eigenvalue weighted by molar-refractivity contribution is 8.15. The van der Waals surface area contributed by atoms with Crippen LogP contribution in [0.25, 0.3) is 0 Å². The molecule has 1 heterocycles. The molecule has 2 fully saturated rings. The summed E-state index contributed by atoms with van der Waals surface area (Å²) in [6.45, 7) is 4.63. The molecule has 3 rings (SSSR count). The molecule has 6 heteroatoms. The minimum absolute atomic E-state index is 0.0542. The van der Waals surface area contributed by atoms with Gasteiger partial charge in [-0.1, -0.05) is 49.6 Å². The zero-order chi connectivity index (χ0) is 19.2. The van der Waals surface area contributed by atoms with Crippen LogP contribution in [0.1, 0.15) is 57.4 Å². The van der Waals surface area contributed by atoms with Gasteiger partial charge >= 0.3 is 0 Å². The molecule has 1 aromatic rings. The summed E-state index contributed by atoms with van der Waals surface area (Å²) >= 11 is 1.46. The van der Waals surface area contributed by atoms with Crippen molar-refractivity contribution in [3.63, 3.8) is 0 Å². The van der Waals surface area contributed by atoms with E-state index in [-0.39, 0.29) is 29.5 Å². The average Bonchev–Trinajstić information content (AvgIpc) is 2.80. The molecule has 1 N–H and O–H groups in total. The van der Waals surface area contributed by atoms with Gasteiger partial charge < -0.3 is 5.32 Å². The van der Waals surface area contributed by atoms with Gasteiger partial charge in [-0.3, -0.25) is 19.5 Å². The van der Waals surface area contributed by atoms with Crippen molar-refractivity contribution in [2.75, 3.05) is 11.9 Å². The van der Waals surface area contributed by atoms with Crippen LogP contribution in [0.5, 0.6) is 0 Å². The number of amidine groups is 1. The standard InChI is InChI=1S/C21H29N3O2S/c1-3-22-21-24(17-11-6-4-5-7-12-17)20(26)18(27-21)14-19(25)23-16-10-8-9-15(2)13-16/h8-10,13,17-18H,3-7,11-12,14H2,1-2H3,(H,23,25). The number of aryl methyl sites for hydroxylation is 1. The van der Waals surface area contributed by atoms with Gasteiger partial charge in [0.1, 0.15) is 5.25 Å². The Bertz CT molecular complexity index is 711. The van der Waals surface area contributed by atoms with Gasteiger partial charge in [-0.15, -0.1) is 0 Å². The Balaban J connectivity index is 1.67. The molecule has 0 bridgehead atoms. The predicted molar refractivity (Wildman–Crippen MR) is 112 cm³/mol. The molecular formula is C21H29N3O2S. The van der Waals surface area contributed by atoms with E-state index in [2.05, 4.69) is 10.3 Å². The molecule has 27 heavy (non-hydrogen) atoms. The Kier molecular flexibility index (Phi) is 6.94. The quantitative estimate of drug-likeness (QED) is 0.763. The van der Waals surface area contributed by atoms with Crippen molar-refractivity contribution in [1.82, 2.24) is 4.90 Å². The molecule has 1 aliphatic heterocycles. The van der Waals surface area contributed by atoms with Crippen LogP contribution in [-0.2, 0) is 9.59 Å². The largest absolute Gasteiger partial charge is 0.326 e. The Hall–Kier alpha value is -1.82. The topological polar surface area (TPSA) is 61.8 Å². The van der Waals surface area contributed by atoms with Crippen LogP contribution in [-0.4, -0.2) is 39.7 Å². The number of hydrogen-bond donors (Lipinski definition) is 1. The molecule has 0 radical (unpaired) electrons. The van der Waals surface area contributed by atoms with E-state index < -0.39 is 0 Å². The number of thioether (sulfide) groups is 1. The Labute approximate surface area is 166 Å². The minimum Gasteiger partial charge on any atom is -0.326 e. The lowest BCUT2D eigenvalue weighted by Crippen LogP contribution is -2.41. The average molecular weight is 388 g/mol. The molecule has 1 saturated carbocycles. The summed E-state index contributed by atoms with van der Waals surface area (Å²) in [5.74, 6) is -0.0662. The zero-order valence-corrected chi connectivity index (χ0v) is 17.1. The van der Waals surface area contributed by atoms with E-state index in [1.807, 2.05) is 43.0 Å². The maximum absolute atomic E-state index is 13.1. The first-order chi connectivity index (χ1) is 13.1. The molecule has 0 spiro atoms. The van der Waals surface area contributed by atoms with Crippen molar-refractivity contribution >= 4 is 34.4 Å². The second kappa shape index (κ2) is 9.40. The van der Waals surface area contributed by atoms with Crippen LogP contribution in [0.3, 0.4) is 0 Å². The Morgan fingerprint density at radius 3 is 2.67 bits per heavy atom. The van der Waals surface area contributed by atoms with Crippen molar-refractivity contribution in [2.45, 2.75) is 70.1 Å². The number of amides is 2. The molecule has 1 saturated heterocycles. The van der Waals surface area contributed by atoms with E-state index in [1.54, 1.807) is 0 Å². The molecule has 1 aliphatic carbocycles. The number of nitrogens with zero attached hydrogens (tertiary/aromatic N) is 2. The molecule has 0 aromatic heterocycles. The third-order valence-corrected chi connectivity index (χ3v) is 6.31. The molecule has 5 nitrogen and oxygen atoms in total. The van der Waals surface area contributed by atoms with E-state index in [0.717, 1.165) is 42.1 Å². The summed E-state index contributed by atoms with van der Waals surface area (Å²) in [7, 11) is 0. The maximum atomic E-state index is 13.1. The summed E-state index contributed by atoms with van der Waals surface area (Å²) < 4.78 is 0. The lowest BCUT2D eigenvalue weighted by Gasteiger charge is -2.26. The van der Waals surface area contributed by atoms with Crippen molar-refractivity contribution in [3.05, 3.63) is 29.8 Å². The minimum atomic E-state index is -0.372.